The van der Waals surface area contributed by atoms with E-state index in [1.54, 1.807) is 22.2 Å². The van der Waals surface area contributed by atoms with Crippen molar-refractivity contribution in [2.45, 2.75) is 18.9 Å². The van der Waals surface area contributed by atoms with Crippen LogP contribution in [-0.2, 0) is 18.2 Å². The monoisotopic (exact) mass is 510 g/mol. The Morgan fingerprint density at radius 2 is 2.17 bits per heavy atom. The fourth-order valence-electron chi connectivity index (χ4n) is 4.42. The third-order valence-corrected chi connectivity index (χ3v) is 8.09. The summed E-state index contributed by atoms with van der Waals surface area (Å²) in [6.07, 6.45) is 7.06. The Kier molecular flexibility index (Phi) is 6.21. The number of amides is 1. The minimum absolute atomic E-state index is 0.0353. The molecule has 0 aromatic carbocycles. The molecule has 0 radical (unpaired) electrons. The van der Waals surface area contributed by atoms with E-state index in [1.807, 2.05) is 58.2 Å². The summed E-state index contributed by atoms with van der Waals surface area (Å²) in [5, 5.41) is 6.25. The first kappa shape index (κ1) is 22.6. The summed E-state index contributed by atoms with van der Waals surface area (Å²) >= 11 is 3.48. The third-order valence-electron chi connectivity index (χ3n) is 6.21. The predicted molar refractivity (Wildman–Crippen MR) is 136 cm³/mol. The molecular formula is C24H26N6O3S2. The second kappa shape index (κ2) is 9.63. The first-order chi connectivity index (χ1) is 17.1. The molecule has 2 saturated heterocycles. The molecular weight excluding hydrogens is 484 g/mol. The Morgan fingerprint density at radius 1 is 1.29 bits per heavy atom. The van der Waals surface area contributed by atoms with Crippen molar-refractivity contribution >= 4 is 40.0 Å². The molecule has 35 heavy (non-hydrogen) atoms. The summed E-state index contributed by atoms with van der Waals surface area (Å²) in [5.41, 5.74) is 3.30. The third kappa shape index (κ3) is 4.67. The van der Waals surface area contributed by atoms with Crippen LogP contribution >= 0.6 is 23.1 Å². The molecule has 0 unspecified atom stereocenters. The van der Waals surface area contributed by atoms with Crippen LogP contribution in [0.1, 0.15) is 27.5 Å². The zero-order chi connectivity index (χ0) is 23.8. The van der Waals surface area contributed by atoms with Crippen molar-refractivity contribution in [3.05, 3.63) is 52.4 Å². The number of aryl methyl sites for hydroxylation is 1. The first-order valence-corrected chi connectivity index (χ1v) is 13.7. The van der Waals surface area contributed by atoms with Crippen LogP contribution in [0.2, 0.25) is 0 Å². The van der Waals surface area contributed by atoms with Gasteiger partial charge in [0.15, 0.2) is 0 Å². The van der Waals surface area contributed by atoms with Crippen molar-refractivity contribution < 1.29 is 14.3 Å². The van der Waals surface area contributed by atoms with E-state index >= 15 is 0 Å². The quantitative estimate of drug-likeness (QED) is 0.394. The fraction of sp³-hybridized carbons (Fsp3) is 0.417. The summed E-state index contributed by atoms with van der Waals surface area (Å²) in [5.74, 6) is 3.34. The van der Waals surface area contributed by atoms with Gasteiger partial charge in [0.25, 0.3) is 5.91 Å². The summed E-state index contributed by atoms with van der Waals surface area (Å²) < 4.78 is 15.6. The van der Waals surface area contributed by atoms with E-state index in [0.29, 0.717) is 31.3 Å². The highest BCUT2D eigenvalue weighted by atomic mass is 32.2. The van der Waals surface area contributed by atoms with E-state index < -0.39 is 0 Å². The van der Waals surface area contributed by atoms with Crippen molar-refractivity contribution in [2.75, 3.05) is 37.8 Å². The smallest absolute Gasteiger partial charge is 0.254 e. The Labute approximate surface area is 211 Å². The summed E-state index contributed by atoms with van der Waals surface area (Å²) in [6.45, 7) is 2.87. The second-order valence-electron chi connectivity index (χ2n) is 8.72. The standard InChI is InChI=1S/C24H26N6O3S2/c1-28-13-17(12-25-28)30-4-2-20-22(30)23(33-18-3-7-32-14-18)27-21(26-20)11-19-10-16(15-35-19)24(31)29-5-8-34-9-6-29/h2,4,10,12-13,15,18H,3,5-9,11,14H2,1H3/t18-/m0/s1. The Balaban J connectivity index is 1.30. The van der Waals surface area contributed by atoms with Gasteiger partial charge in [-0.2, -0.15) is 21.8 Å². The molecule has 11 heteroatoms. The molecule has 9 nitrogen and oxygen atoms in total. The van der Waals surface area contributed by atoms with Crippen molar-refractivity contribution in [3.63, 3.8) is 0 Å². The van der Waals surface area contributed by atoms with Crippen molar-refractivity contribution in [2.24, 2.45) is 7.05 Å². The molecule has 0 bridgehead atoms. The number of hydrogen-bond acceptors (Lipinski definition) is 8. The minimum Gasteiger partial charge on any atom is -0.470 e. The lowest BCUT2D eigenvalue weighted by Gasteiger charge is -2.25. The van der Waals surface area contributed by atoms with E-state index in [-0.39, 0.29) is 12.0 Å². The van der Waals surface area contributed by atoms with Crippen LogP contribution < -0.4 is 4.74 Å². The van der Waals surface area contributed by atoms with Crippen LogP contribution in [0.3, 0.4) is 0 Å². The van der Waals surface area contributed by atoms with Crippen molar-refractivity contribution in [3.8, 4) is 11.6 Å². The van der Waals surface area contributed by atoms with Crippen molar-refractivity contribution in [1.29, 1.82) is 0 Å². The Morgan fingerprint density at radius 3 is 2.94 bits per heavy atom. The van der Waals surface area contributed by atoms with Crippen LogP contribution in [0, 0.1) is 0 Å². The number of thioether (sulfide) groups is 1. The normalized spacial score (nSPS) is 18.4. The van der Waals surface area contributed by atoms with E-state index in [9.17, 15) is 4.79 Å². The predicted octanol–water partition coefficient (Wildman–Crippen LogP) is 3.16. The van der Waals surface area contributed by atoms with Crippen LogP contribution in [0.5, 0.6) is 5.88 Å². The number of carbonyl (C=O) groups excluding carboxylic acids is 1. The number of thiophene rings is 1. The highest BCUT2D eigenvalue weighted by Gasteiger charge is 2.23. The number of nitrogens with zero attached hydrogens (tertiary/aromatic N) is 6. The van der Waals surface area contributed by atoms with Gasteiger partial charge in [-0.3, -0.25) is 9.48 Å². The molecule has 0 N–H and O–H groups in total. The molecule has 4 aromatic rings. The molecule has 0 aliphatic carbocycles. The van der Waals surface area contributed by atoms with Crippen LogP contribution in [-0.4, -0.2) is 79.0 Å². The van der Waals surface area contributed by atoms with Gasteiger partial charge in [0.1, 0.15) is 17.4 Å². The fourth-order valence-corrected chi connectivity index (χ4v) is 6.18. The molecule has 2 aliphatic rings. The number of ether oxygens (including phenoxy) is 2. The van der Waals surface area contributed by atoms with Crippen LogP contribution in [0.15, 0.2) is 36.1 Å². The maximum Gasteiger partial charge on any atom is 0.254 e. The number of rotatable bonds is 6. The second-order valence-corrected chi connectivity index (χ2v) is 10.9. The van der Waals surface area contributed by atoms with Gasteiger partial charge in [0.2, 0.25) is 5.88 Å². The molecule has 1 amide bonds. The number of hydrogen-bond donors (Lipinski definition) is 0. The molecule has 1 atom stereocenters. The lowest BCUT2D eigenvalue weighted by molar-refractivity contribution is 0.0773. The van der Waals surface area contributed by atoms with Crippen LogP contribution in [0.4, 0.5) is 0 Å². The zero-order valence-electron chi connectivity index (χ0n) is 19.4. The summed E-state index contributed by atoms with van der Waals surface area (Å²) in [7, 11) is 1.89. The van der Waals surface area contributed by atoms with Crippen LogP contribution in [0.25, 0.3) is 16.7 Å². The average Bonchev–Trinajstić information content (AvgIpc) is 3.67. The molecule has 2 fully saturated rings. The molecule has 6 rings (SSSR count). The zero-order valence-corrected chi connectivity index (χ0v) is 21.1. The summed E-state index contributed by atoms with van der Waals surface area (Å²) in [6, 6.07) is 3.96. The molecule has 182 valence electrons. The molecule has 6 heterocycles. The number of carbonyl (C=O) groups is 1. The largest absolute Gasteiger partial charge is 0.470 e. The molecule has 2 aliphatic heterocycles. The Bertz CT molecular complexity index is 1350. The highest BCUT2D eigenvalue weighted by molar-refractivity contribution is 7.99. The maximum atomic E-state index is 12.9. The topological polar surface area (TPSA) is 87.3 Å². The average molecular weight is 511 g/mol. The number of fused-ring (bicyclic) bond motifs is 1. The minimum atomic E-state index is -0.0353. The van der Waals surface area contributed by atoms with Gasteiger partial charge in [-0.25, -0.2) is 4.98 Å². The SMILES string of the molecule is Cn1cc(-n2ccc3nc(Cc4cc(C(=O)N5CCSCC5)cs4)nc(O[C@H]4CCOC4)c32)cn1. The van der Waals surface area contributed by atoms with Gasteiger partial charge in [-0.05, 0) is 12.1 Å². The summed E-state index contributed by atoms with van der Waals surface area (Å²) in [4.78, 5) is 25.6. The number of aromatic nitrogens is 5. The van der Waals surface area contributed by atoms with Gasteiger partial charge >= 0.3 is 0 Å². The van der Waals surface area contributed by atoms with E-state index in [2.05, 4.69) is 5.10 Å². The molecule has 0 spiro atoms. The van der Waals surface area contributed by atoms with E-state index in [4.69, 9.17) is 19.4 Å². The van der Waals surface area contributed by atoms with Gasteiger partial charge in [-0.1, -0.05) is 0 Å². The molecule has 4 aromatic heterocycles. The van der Waals surface area contributed by atoms with E-state index in [1.165, 1.54) is 0 Å². The Hall–Kier alpha value is -2.89. The highest BCUT2D eigenvalue weighted by Crippen LogP contribution is 2.30. The van der Waals surface area contributed by atoms with Gasteiger partial charge < -0.3 is 18.9 Å². The first-order valence-electron chi connectivity index (χ1n) is 11.7. The van der Waals surface area contributed by atoms with Gasteiger partial charge in [0.05, 0.1) is 36.2 Å². The van der Waals surface area contributed by atoms with E-state index in [0.717, 1.165) is 58.2 Å². The maximum absolute atomic E-state index is 12.9. The van der Waals surface area contributed by atoms with Gasteiger partial charge in [0, 0.05) is 67.1 Å². The van der Waals surface area contributed by atoms with Crippen molar-refractivity contribution in [1.82, 2.24) is 29.2 Å². The lowest BCUT2D eigenvalue weighted by Crippen LogP contribution is -2.37. The molecule has 0 saturated carbocycles. The lowest BCUT2D eigenvalue weighted by atomic mass is 10.2. The van der Waals surface area contributed by atoms with Gasteiger partial charge in [-0.15, -0.1) is 11.3 Å².